The highest BCUT2D eigenvalue weighted by molar-refractivity contribution is 5.91. The third kappa shape index (κ3) is 7.47. The topological polar surface area (TPSA) is 88.2 Å². The molecule has 8 nitrogen and oxygen atoms in total. The number of benzene rings is 2. The summed E-state index contributed by atoms with van der Waals surface area (Å²) >= 11 is 0. The molecule has 2 aromatic rings. The molecular weight excluding hydrogens is 441 g/mol. The van der Waals surface area contributed by atoms with E-state index in [0.717, 1.165) is 11.3 Å². The maximum absolute atomic E-state index is 13.1. The van der Waals surface area contributed by atoms with Crippen LogP contribution in [0.2, 0.25) is 0 Å². The Morgan fingerprint density at radius 2 is 1.56 bits per heavy atom. The van der Waals surface area contributed by atoms with Crippen molar-refractivity contribution < 1.29 is 28.2 Å². The van der Waals surface area contributed by atoms with Crippen molar-refractivity contribution in [2.24, 2.45) is 0 Å². The standard InChI is InChI=1S/C25H30FN3O5/c1-25(2,3)34-24(32)27-16-18-4-6-19(7-5-18)23(31)33-17-22(30)29-14-12-28(13-15-29)21-10-8-20(26)9-11-21/h4-11H,12-17H2,1-3H3,(H,27,32). The molecule has 1 aliphatic rings. The third-order valence-corrected chi connectivity index (χ3v) is 5.18. The van der Waals surface area contributed by atoms with Gasteiger partial charge in [-0.1, -0.05) is 12.1 Å². The number of halogens is 1. The number of esters is 1. The van der Waals surface area contributed by atoms with Crippen LogP contribution in [0.1, 0.15) is 36.7 Å². The van der Waals surface area contributed by atoms with E-state index in [1.807, 2.05) is 0 Å². The van der Waals surface area contributed by atoms with Crippen LogP contribution >= 0.6 is 0 Å². The van der Waals surface area contributed by atoms with Crippen molar-refractivity contribution in [3.05, 3.63) is 65.5 Å². The molecule has 1 fully saturated rings. The lowest BCUT2D eigenvalue weighted by molar-refractivity contribution is -0.134. The number of piperazine rings is 1. The third-order valence-electron chi connectivity index (χ3n) is 5.18. The van der Waals surface area contributed by atoms with E-state index in [1.165, 1.54) is 12.1 Å². The fourth-order valence-electron chi connectivity index (χ4n) is 3.41. The molecule has 1 aliphatic heterocycles. The van der Waals surface area contributed by atoms with Crippen LogP contribution in [0.15, 0.2) is 48.5 Å². The number of ether oxygens (including phenoxy) is 2. The molecule has 0 atom stereocenters. The Morgan fingerprint density at radius 3 is 2.15 bits per heavy atom. The molecule has 0 spiro atoms. The number of anilines is 1. The molecule has 0 unspecified atom stereocenters. The zero-order chi connectivity index (χ0) is 24.7. The molecule has 0 radical (unpaired) electrons. The second kappa shape index (κ2) is 11.0. The molecule has 2 amide bonds. The maximum atomic E-state index is 13.1. The van der Waals surface area contributed by atoms with E-state index in [1.54, 1.807) is 62.1 Å². The van der Waals surface area contributed by atoms with Crippen LogP contribution in [-0.4, -0.2) is 61.3 Å². The van der Waals surface area contributed by atoms with Crippen molar-refractivity contribution in [3.8, 4) is 0 Å². The minimum absolute atomic E-state index is 0.257. The average molecular weight is 472 g/mol. The van der Waals surface area contributed by atoms with Crippen molar-refractivity contribution in [1.29, 1.82) is 0 Å². The van der Waals surface area contributed by atoms with Crippen molar-refractivity contribution in [2.45, 2.75) is 32.9 Å². The number of rotatable bonds is 6. The summed E-state index contributed by atoms with van der Waals surface area (Å²) in [7, 11) is 0. The fourth-order valence-corrected chi connectivity index (χ4v) is 3.41. The first-order valence-corrected chi connectivity index (χ1v) is 11.1. The van der Waals surface area contributed by atoms with Crippen LogP contribution in [-0.2, 0) is 20.8 Å². The first-order valence-electron chi connectivity index (χ1n) is 11.1. The van der Waals surface area contributed by atoms with Crippen molar-refractivity contribution in [2.75, 3.05) is 37.7 Å². The number of nitrogens with zero attached hydrogens (tertiary/aromatic N) is 2. The summed E-state index contributed by atoms with van der Waals surface area (Å²) in [5, 5.41) is 2.65. The number of amides is 2. The van der Waals surface area contributed by atoms with Gasteiger partial charge in [-0.15, -0.1) is 0 Å². The maximum Gasteiger partial charge on any atom is 0.407 e. The van der Waals surface area contributed by atoms with Crippen molar-refractivity contribution >= 4 is 23.7 Å². The molecule has 0 aromatic heterocycles. The normalized spacial score (nSPS) is 13.9. The first-order chi connectivity index (χ1) is 16.1. The Bertz CT molecular complexity index is 995. The quantitative estimate of drug-likeness (QED) is 0.650. The van der Waals surface area contributed by atoms with E-state index in [9.17, 15) is 18.8 Å². The van der Waals surface area contributed by atoms with Crippen LogP contribution < -0.4 is 10.2 Å². The number of carbonyl (C=O) groups excluding carboxylic acids is 3. The highest BCUT2D eigenvalue weighted by atomic mass is 19.1. The van der Waals surface area contributed by atoms with Crippen LogP contribution in [0.5, 0.6) is 0 Å². The molecule has 34 heavy (non-hydrogen) atoms. The number of hydrogen-bond acceptors (Lipinski definition) is 6. The van der Waals surface area contributed by atoms with E-state index >= 15 is 0 Å². The summed E-state index contributed by atoms with van der Waals surface area (Å²) in [5.74, 6) is -1.14. The zero-order valence-corrected chi connectivity index (χ0v) is 19.7. The number of hydrogen-bond donors (Lipinski definition) is 1. The van der Waals surface area contributed by atoms with Gasteiger partial charge in [0.1, 0.15) is 11.4 Å². The summed E-state index contributed by atoms with van der Waals surface area (Å²) in [5.41, 5.74) is 1.43. The molecule has 2 aromatic carbocycles. The number of carbonyl (C=O) groups is 3. The molecular formula is C25H30FN3O5. The lowest BCUT2D eigenvalue weighted by Crippen LogP contribution is -2.49. The van der Waals surface area contributed by atoms with E-state index in [-0.39, 0.29) is 24.9 Å². The van der Waals surface area contributed by atoms with E-state index < -0.39 is 17.7 Å². The van der Waals surface area contributed by atoms with Gasteiger partial charge in [-0.2, -0.15) is 0 Å². The van der Waals surface area contributed by atoms with Gasteiger partial charge < -0.3 is 24.6 Å². The lowest BCUT2D eigenvalue weighted by atomic mass is 10.1. The van der Waals surface area contributed by atoms with Gasteiger partial charge >= 0.3 is 12.1 Å². The molecule has 3 rings (SSSR count). The predicted octanol–water partition coefficient (Wildman–Crippen LogP) is 3.36. The van der Waals surface area contributed by atoms with Gasteiger partial charge in [-0.25, -0.2) is 14.0 Å². The summed E-state index contributed by atoms with van der Waals surface area (Å²) in [6.07, 6.45) is -0.520. The van der Waals surface area contributed by atoms with Crippen LogP contribution in [0, 0.1) is 5.82 Å². The summed E-state index contributed by atoms with van der Waals surface area (Å²) in [6.45, 7) is 7.49. The van der Waals surface area contributed by atoms with E-state index in [0.29, 0.717) is 31.7 Å². The highest BCUT2D eigenvalue weighted by Gasteiger charge is 2.22. The lowest BCUT2D eigenvalue weighted by Gasteiger charge is -2.36. The van der Waals surface area contributed by atoms with E-state index in [2.05, 4.69) is 10.2 Å². The highest BCUT2D eigenvalue weighted by Crippen LogP contribution is 2.17. The average Bonchev–Trinajstić information content (AvgIpc) is 2.81. The molecule has 1 saturated heterocycles. The molecule has 1 N–H and O–H groups in total. The molecule has 9 heteroatoms. The number of alkyl carbamates (subject to hydrolysis) is 1. The van der Waals surface area contributed by atoms with Gasteiger partial charge in [0.15, 0.2) is 6.61 Å². The minimum Gasteiger partial charge on any atom is -0.452 e. The first kappa shape index (κ1) is 25.0. The van der Waals surface area contributed by atoms with E-state index in [4.69, 9.17) is 9.47 Å². The van der Waals surface area contributed by atoms with Gasteiger partial charge in [0, 0.05) is 38.4 Å². The van der Waals surface area contributed by atoms with Gasteiger partial charge in [0.05, 0.1) is 5.56 Å². The fraction of sp³-hybridized carbons (Fsp3) is 0.400. The van der Waals surface area contributed by atoms with Crippen molar-refractivity contribution in [1.82, 2.24) is 10.2 Å². The molecule has 0 saturated carbocycles. The largest absolute Gasteiger partial charge is 0.452 e. The second-order valence-electron chi connectivity index (χ2n) is 8.97. The van der Waals surface area contributed by atoms with Gasteiger partial charge in [-0.05, 0) is 62.7 Å². The van der Waals surface area contributed by atoms with Gasteiger partial charge in [0.2, 0.25) is 0 Å². The molecule has 0 aliphatic carbocycles. The van der Waals surface area contributed by atoms with Crippen LogP contribution in [0.4, 0.5) is 14.9 Å². The van der Waals surface area contributed by atoms with Crippen LogP contribution in [0.3, 0.4) is 0 Å². The molecule has 1 heterocycles. The predicted molar refractivity (Wildman–Crippen MR) is 125 cm³/mol. The minimum atomic E-state index is -0.593. The van der Waals surface area contributed by atoms with Crippen molar-refractivity contribution in [3.63, 3.8) is 0 Å². The Labute approximate surface area is 198 Å². The monoisotopic (exact) mass is 471 g/mol. The second-order valence-corrected chi connectivity index (χ2v) is 8.97. The smallest absolute Gasteiger partial charge is 0.407 e. The summed E-state index contributed by atoms with van der Waals surface area (Å²) in [6, 6.07) is 12.8. The SMILES string of the molecule is CC(C)(C)OC(=O)NCc1ccc(C(=O)OCC(=O)N2CCN(c3ccc(F)cc3)CC2)cc1. The Balaban J connectivity index is 1.40. The summed E-state index contributed by atoms with van der Waals surface area (Å²) < 4.78 is 23.5. The molecule has 0 bridgehead atoms. The van der Waals surface area contributed by atoms with Gasteiger partial charge in [0.25, 0.3) is 5.91 Å². The van der Waals surface area contributed by atoms with Crippen LogP contribution in [0.25, 0.3) is 0 Å². The summed E-state index contributed by atoms with van der Waals surface area (Å²) in [4.78, 5) is 40.2. The van der Waals surface area contributed by atoms with Gasteiger partial charge in [-0.3, -0.25) is 4.79 Å². The Kier molecular flexibility index (Phi) is 8.09. The zero-order valence-electron chi connectivity index (χ0n) is 19.7. The Morgan fingerprint density at radius 1 is 0.941 bits per heavy atom. The number of nitrogens with one attached hydrogen (secondary N) is 1. The Hall–Kier alpha value is -3.62. The molecule has 182 valence electrons.